The topological polar surface area (TPSA) is 55.3 Å². The summed E-state index contributed by atoms with van der Waals surface area (Å²) in [6, 6.07) is 17.5. The Bertz CT molecular complexity index is 1190. The second kappa shape index (κ2) is 8.63. The molecule has 152 valence electrons. The van der Waals surface area contributed by atoms with Gasteiger partial charge in [-0.2, -0.15) is 0 Å². The number of rotatable bonds is 6. The van der Waals surface area contributed by atoms with Crippen molar-refractivity contribution in [2.24, 2.45) is 0 Å². The van der Waals surface area contributed by atoms with Gasteiger partial charge in [-0.25, -0.2) is 4.98 Å². The summed E-state index contributed by atoms with van der Waals surface area (Å²) in [7, 11) is 0. The minimum Gasteiger partial charge on any atom is -0.492 e. The van der Waals surface area contributed by atoms with Crippen LogP contribution in [-0.4, -0.2) is 22.5 Å². The Labute approximate surface area is 180 Å². The zero-order valence-corrected chi connectivity index (χ0v) is 18.1. The molecule has 0 aliphatic heterocycles. The van der Waals surface area contributed by atoms with Crippen molar-refractivity contribution in [3.8, 4) is 5.75 Å². The van der Waals surface area contributed by atoms with Crippen LogP contribution in [0.5, 0.6) is 5.75 Å². The van der Waals surface area contributed by atoms with Crippen molar-refractivity contribution in [2.45, 2.75) is 27.3 Å². The highest BCUT2D eigenvalue weighted by Gasteiger charge is 2.24. The highest BCUT2D eigenvalue weighted by Crippen LogP contribution is 2.35. The first-order chi connectivity index (χ1) is 14.6. The van der Waals surface area contributed by atoms with Crippen LogP contribution in [0.2, 0.25) is 0 Å². The molecule has 1 amide bonds. The van der Waals surface area contributed by atoms with E-state index in [1.54, 1.807) is 11.1 Å². The maximum atomic E-state index is 13.6. The van der Waals surface area contributed by atoms with Gasteiger partial charge in [-0.1, -0.05) is 41.2 Å². The number of amides is 1. The number of para-hydroxylation sites is 1. The average Bonchev–Trinajstić information content (AvgIpc) is 3.19. The second-order valence-corrected chi connectivity index (χ2v) is 8.07. The molecule has 2 aromatic heterocycles. The largest absolute Gasteiger partial charge is 0.492 e. The number of ether oxygens (including phenoxy) is 1. The number of anilines is 1. The predicted molar refractivity (Wildman–Crippen MR) is 121 cm³/mol. The first kappa shape index (κ1) is 20.0. The number of hydrogen-bond donors (Lipinski definition) is 0. The molecule has 0 unspecified atom stereocenters. The minimum atomic E-state index is -0.0844. The molecule has 0 radical (unpaired) electrons. The zero-order chi connectivity index (χ0) is 21.1. The molecule has 30 heavy (non-hydrogen) atoms. The number of benzene rings is 2. The lowest BCUT2D eigenvalue weighted by Gasteiger charge is -2.21. The van der Waals surface area contributed by atoms with Crippen LogP contribution in [0.1, 0.15) is 34.1 Å². The lowest BCUT2D eigenvalue weighted by molar-refractivity contribution is 0.0984. The molecule has 0 fully saturated rings. The molecule has 0 aliphatic carbocycles. The molecule has 0 aliphatic rings. The molecule has 0 bridgehead atoms. The molecule has 0 spiro atoms. The van der Waals surface area contributed by atoms with Crippen LogP contribution in [0.25, 0.3) is 10.2 Å². The molecule has 0 saturated carbocycles. The predicted octanol–water partition coefficient (Wildman–Crippen LogP) is 5.55. The van der Waals surface area contributed by atoms with E-state index in [0.29, 0.717) is 23.8 Å². The van der Waals surface area contributed by atoms with Crippen LogP contribution in [-0.2, 0) is 6.54 Å². The van der Waals surface area contributed by atoms with Crippen molar-refractivity contribution in [3.05, 3.63) is 83.2 Å². The third-order valence-electron chi connectivity index (χ3n) is 4.82. The van der Waals surface area contributed by atoms with Crippen LogP contribution < -0.4 is 9.64 Å². The molecule has 2 heterocycles. The van der Waals surface area contributed by atoms with Gasteiger partial charge < -0.3 is 4.74 Å². The van der Waals surface area contributed by atoms with Gasteiger partial charge in [-0.15, -0.1) is 0 Å². The zero-order valence-electron chi connectivity index (χ0n) is 17.3. The summed E-state index contributed by atoms with van der Waals surface area (Å²) in [5, 5.41) is 0.633. The van der Waals surface area contributed by atoms with Crippen LogP contribution in [0.3, 0.4) is 0 Å². The highest BCUT2D eigenvalue weighted by molar-refractivity contribution is 7.22. The Balaban J connectivity index is 1.81. The number of nitrogens with zero attached hydrogens (tertiary/aromatic N) is 3. The summed E-state index contributed by atoms with van der Waals surface area (Å²) < 4.78 is 6.72. The van der Waals surface area contributed by atoms with Gasteiger partial charge in [0.1, 0.15) is 11.3 Å². The van der Waals surface area contributed by atoms with Gasteiger partial charge in [0.15, 0.2) is 5.13 Å². The van der Waals surface area contributed by atoms with E-state index in [1.807, 2.05) is 75.4 Å². The Kier molecular flexibility index (Phi) is 5.77. The monoisotopic (exact) mass is 417 g/mol. The van der Waals surface area contributed by atoms with E-state index < -0.39 is 0 Å². The molecule has 4 rings (SSSR count). The first-order valence-corrected chi connectivity index (χ1v) is 10.7. The summed E-state index contributed by atoms with van der Waals surface area (Å²) in [5.41, 5.74) is 4.24. The molecule has 0 N–H and O–H groups in total. The van der Waals surface area contributed by atoms with Crippen LogP contribution in [0.15, 0.2) is 60.8 Å². The normalized spacial score (nSPS) is 10.9. The van der Waals surface area contributed by atoms with Crippen molar-refractivity contribution in [1.82, 2.24) is 9.97 Å². The summed E-state index contributed by atoms with van der Waals surface area (Å²) in [4.78, 5) is 24.6. The van der Waals surface area contributed by atoms with E-state index in [-0.39, 0.29) is 5.91 Å². The fourth-order valence-electron chi connectivity index (χ4n) is 3.29. The third-order valence-corrected chi connectivity index (χ3v) is 5.86. The number of fused-ring (bicyclic) bond motifs is 1. The SMILES string of the molecule is CCOc1cccc2sc(N(Cc3ccccn3)C(=O)c3cc(C)ccc3C)nc12. The summed E-state index contributed by atoms with van der Waals surface area (Å²) in [6.45, 7) is 6.80. The highest BCUT2D eigenvalue weighted by atomic mass is 32.1. The molecular weight excluding hydrogens is 394 g/mol. The Morgan fingerprint density at radius 2 is 1.97 bits per heavy atom. The van der Waals surface area contributed by atoms with Gasteiger partial charge in [0.05, 0.1) is 23.5 Å². The van der Waals surface area contributed by atoms with Gasteiger partial charge in [0.2, 0.25) is 0 Å². The van der Waals surface area contributed by atoms with Gasteiger partial charge in [0, 0.05) is 11.8 Å². The number of carbonyl (C=O) groups excluding carboxylic acids is 1. The molecule has 5 nitrogen and oxygen atoms in total. The Morgan fingerprint density at radius 3 is 2.73 bits per heavy atom. The van der Waals surface area contributed by atoms with Gasteiger partial charge in [0.25, 0.3) is 5.91 Å². The summed E-state index contributed by atoms with van der Waals surface area (Å²) in [5.74, 6) is 0.647. The molecular formula is C24H23N3O2S. The standard InChI is InChI=1S/C24H23N3O2S/c1-4-29-20-9-7-10-21-22(20)26-24(30-21)27(15-18-8-5-6-13-25-18)23(28)19-14-16(2)11-12-17(19)3/h5-14H,4,15H2,1-3H3. The number of hydrogen-bond acceptors (Lipinski definition) is 5. The van der Waals surface area contributed by atoms with Crippen molar-refractivity contribution >= 4 is 32.6 Å². The third kappa shape index (κ3) is 4.04. The van der Waals surface area contributed by atoms with E-state index in [9.17, 15) is 4.79 Å². The van der Waals surface area contributed by atoms with E-state index in [0.717, 1.165) is 32.8 Å². The molecule has 4 aromatic rings. The van der Waals surface area contributed by atoms with Gasteiger partial charge >= 0.3 is 0 Å². The summed E-state index contributed by atoms with van der Waals surface area (Å²) in [6.07, 6.45) is 1.74. The lowest BCUT2D eigenvalue weighted by atomic mass is 10.0. The van der Waals surface area contributed by atoms with Crippen molar-refractivity contribution < 1.29 is 9.53 Å². The number of aromatic nitrogens is 2. The minimum absolute atomic E-state index is 0.0844. The molecule has 2 aromatic carbocycles. The summed E-state index contributed by atoms with van der Waals surface area (Å²) >= 11 is 1.48. The quantitative estimate of drug-likeness (QED) is 0.412. The number of thiazole rings is 1. The number of pyridine rings is 1. The molecule has 0 atom stereocenters. The van der Waals surface area contributed by atoms with E-state index in [1.165, 1.54) is 11.3 Å². The van der Waals surface area contributed by atoms with Crippen molar-refractivity contribution in [3.63, 3.8) is 0 Å². The number of aryl methyl sites for hydroxylation is 2. The van der Waals surface area contributed by atoms with E-state index in [4.69, 9.17) is 9.72 Å². The first-order valence-electron chi connectivity index (χ1n) is 9.88. The van der Waals surface area contributed by atoms with Crippen molar-refractivity contribution in [2.75, 3.05) is 11.5 Å². The second-order valence-electron chi connectivity index (χ2n) is 7.06. The smallest absolute Gasteiger partial charge is 0.260 e. The van der Waals surface area contributed by atoms with Crippen LogP contribution >= 0.6 is 11.3 Å². The molecule has 6 heteroatoms. The van der Waals surface area contributed by atoms with Gasteiger partial charge in [-0.05, 0) is 56.7 Å². The van der Waals surface area contributed by atoms with Crippen molar-refractivity contribution in [1.29, 1.82) is 0 Å². The van der Waals surface area contributed by atoms with E-state index in [2.05, 4.69) is 4.98 Å². The maximum Gasteiger partial charge on any atom is 0.260 e. The molecule has 0 saturated heterocycles. The Hall–Kier alpha value is -3.25. The lowest BCUT2D eigenvalue weighted by Crippen LogP contribution is -2.31. The van der Waals surface area contributed by atoms with Crippen LogP contribution in [0.4, 0.5) is 5.13 Å². The maximum absolute atomic E-state index is 13.6. The average molecular weight is 418 g/mol. The van der Waals surface area contributed by atoms with Gasteiger partial charge in [-0.3, -0.25) is 14.7 Å². The fourth-order valence-corrected chi connectivity index (χ4v) is 4.27. The number of carbonyl (C=O) groups is 1. The Morgan fingerprint density at radius 1 is 1.10 bits per heavy atom. The fraction of sp³-hybridized carbons (Fsp3) is 0.208. The van der Waals surface area contributed by atoms with E-state index >= 15 is 0 Å². The van der Waals surface area contributed by atoms with Crippen LogP contribution in [0, 0.1) is 13.8 Å².